The summed E-state index contributed by atoms with van der Waals surface area (Å²) in [4.78, 5) is 0. The molecule has 88 valence electrons. The quantitative estimate of drug-likeness (QED) is 0.820. The third-order valence-electron chi connectivity index (χ3n) is 2.45. The molecule has 1 heterocycles. The molecular formula is C12H16O4. The summed E-state index contributed by atoms with van der Waals surface area (Å²) < 4.78 is 15.9. The zero-order chi connectivity index (χ0) is 11.4. The van der Waals surface area contributed by atoms with E-state index < -0.39 is 0 Å². The van der Waals surface area contributed by atoms with Crippen LogP contribution in [-0.4, -0.2) is 31.2 Å². The molecule has 0 saturated carbocycles. The Morgan fingerprint density at radius 1 is 1.38 bits per heavy atom. The summed E-state index contributed by atoms with van der Waals surface area (Å²) in [6.45, 7) is 2.73. The van der Waals surface area contributed by atoms with Crippen molar-refractivity contribution in [2.75, 3.05) is 20.0 Å². The van der Waals surface area contributed by atoms with Crippen molar-refractivity contribution >= 4 is 0 Å². The smallest absolute Gasteiger partial charge is 0.231 e. The van der Waals surface area contributed by atoms with Gasteiger partial charge in [-0.05, 0) is 31.0 Å². The van der Waals surface area contributed by atoms with Crippen LogP contribution in [0.1, 0.15) is 12.5 Å². The SMILES string of the molecule is CC(Cc1ccc2c(c1)OCO2)OCCO. The number of ether oxygens (including phenoxy) is 3. The molecule has 4 nitrogen and oxygen atoms in total. The van der Waals surface area contributed by atoms with Gasteiger partial charge in [0.1, 0.15) is 0 Å². The van der Waals surface area contributed by atoms with E-state index in [2.05, 4.69) is 0 Å². The van der Waals surface area contributed by atoms with E-state index in [9.17, 15) is 0 Å². The van der Waals surface area contributed by atoms with E-state index in [4.69, 9.17) is 19.3 Å². The molecule has 0 fully saturated rings. The van der Waals surface area contributed by atoms with Gasteiger partial charge in [-0.15, -0.1) is 0 Å². The first-order valence-corrected chi connectivity index (χ1v) is 5.40. The molecule has 0 radical (unpaired) electrons. The zero-order valence-electron chi connectivity index (χ0n) is 9.31. The molecule has 0 aromatic heterocycles. The molecule has 1 aliphatic heterocycles. The summed E-state index contributed by atoms with van der Waals surface area (Å²) in [5.74, 6) is 1.60. The van der Waals surface area contributed by atoms with Crippen LogP contribution in [0.2, 0.25) is 0 Å². The third-order valence-corrected chi connectivity index (χ3v) is 2.45. The van der Waals surface area contributed by atoms with Crippen LogP contribution in [0, 0.1) is 0 Å². The van der Waals surface area contributed by atoms with Crippen molar-refractivity contribution in [3.05, 3.63) is 23.8 Å². The second-order valence-electron chi connectivity index (χ2n) is 3.80. The molecule has 0 bridgehead atoms. The Balaban J connectivity index is 1.94. The largest absolute Gasteiger partial charge is 0.454 e. The van der Waals surface area contributed by atoms with Crippen molar-refractivity contribution in [1.82, 2.24) is 0 Å². The van der Waals surface area contributed by atoms with E-state index >= 15 is 0 Å². The second-order valence-corrected chi connectivity index (χ2v) is 3.80. The van der Waals surface area contributed by atoms with Gasteiger partial charge in [0.25, 0.3) is 0 Å². The average Bonchev–Trinajstić information content (AvgIpc) is 2.73. The van der Waals surface area contributed by atoms with Crippen LogP contribution in [0.15, 0.2) is 18.2 Å². The summed E-state index contributed by atoms with van der Waals surface area (Å²) in [6.07, 6.45) is 0.893. The summed E-state index contributed by atoms with van der Waals surface area (Å²) in [7, 11) is 0. The Morgan fingerprint density at radius 2 is 2.19 bits per heavy atom. The van der Waals surface area contributed by atoms with Crippen LogP contribution in [-0.2, 0) is 11.2 Å². The lowest BCUT2D eigenvalue weighted by molar-refractivity contribution is 0.0395. The maximum Gasteiger partial charge on any atom is 0.231 e. The number of aliphatic hydroxyl groups is 1. The summed E-state index contributed by atoms with van der Waals surface area (Å²) in [5.41, 5.74) is 1.15. The Kier molecular flexibility index (Phi) is 3.64. The fourth-order valence-electron chi connectivity index (χ4n) is 1.71. The molecule has 0 amide bonds. The van der Waals surface area contributed by atoms with Gasteiger partial charge in [0.2, 0.25) is 6.79 Å². The van der Waals surface area contributed by atoms with Gasteiger partial charge in [-0.1, -0.05) is 6.07 Å². The van der Waals surface area contributed by atoms with Crippen molar-refractivity contribution in [2.45, 2.75) is 19.4 Å². The lowest BCUT2D eigenvalue weighted by Crippen LogP contribution is -2.14. The standard InChI is InChI=1S/C12H16O4/c1-9(14-5-4-13)6-10-2-3-11-12(7-10)16-8-15-11/h2-3,7,9,13H,4-6,8H2,1H3. The Hall–Kier alpha value is -1.26. The molecule has 1 aromatic rings. The molecule has 1 aromatic carbocycles. The highest BCUT2D eigenvalue weighted by Gasteiger charge is 2.14. The fraction of sp³-hybridized carbons (Fsp3) is 0.500. The van der Waals surface area contributed by atoms with Gasteiger partial charge >= 0.3 is 0 Å². The topological polar surface area (TPSA) is 47.9 Å². The zero-order valence-corrected chi connectivity index (χ0v) is 9.31. The average molecular weight is 224 g/mol. The predicted molar refractivity (Wildman–Crippen MR) is 58.8 cm³/mol. The highest BCUT2D eigenvalue weighted by molar-refractivity contribution is 5.44. The van der Waals surface area contributed by atoms with E-state index in [1.165, 1.54) is 0 Å². The molecule has 1 aliphatic rings. The minimum Gasteiger partial charge on any atom is -0.454 e. The maximum absolute atomic E-state index is 8.65. The van der Waals surface area contributed by atoms with E-state index in [0.717, 1.165) is 23.5 Å². The van der Waals surface area contributed by atoms with Crippen LogP contribution in [0.4, 0.5) is 0 Å². The summed E-state index contributed by atoms with van der Waals surface area (Å²) >= 11 is 0. The van der Waals surface area contributed by atoms with Gasteiger partial charge in [-0.25, -0.2) is 0 Å². The highest BCUT2D eigenvalue weighted by Crippen LogP contribution is 2.32. The van der Waals surface area contributed by atoms with E-state index in [1.54, 1.807) is 0 Å². The highest BCUT2D eigenvalue weighted by atomic mass is 16.7. The number of hydrogen-bond acceptors (Lipinski definition) is 4. The second kappa shape index (κ2) is 5.18. The van der Waals surface area contributed by atoms with E-state index in [0.29, 0.717) is 13.4 Å². The van der Waals surface area contributed by atoms with Crippen LogP contribution >= 0.6 is 0 Å². The van der Waals surface area contributed by atoms with Crippen LogP contribution in [0.3, 0.4) is 0 Å². The fourth-order valence-corrected chi connectivity index (χ4v) is 1.71. The van der Waals surface area contributed by atoms with Gasteiger partial charge in [-0.2, -0.15) is 0 Å². The lowest BCUT2D eigenvalue weighted by atomic mass is 10.1. The van der Waals surface area contributed by atoms with Crippen LogP contribution in [0.5, 0.6) is 11.5 Å². The molecular weight excluding hydrogens is 208 g/mol. The van der Waals surface area contributed by atoms with E-state index in [-0.39, 0.29) is 12.7 Å². The molecule has 4 heteroatoms. The van der Waals surface area contributed by atoms with Gasteiger partial charge in [0, 0.05) is 0 Å². The van der Waals surface area contributed by atoms with Gasteiger partial charge in [0.05, 0.1) is 19.3 Å². The molecule has 1 atom stereocenters. The minimum absolute atomic E-state index is 0.0610. The summed E-state index contributed by atoms with van der Waals surface area (Å²) in [5, 5.41) is 8.65. The number of benzene rings is 1. The first-order chi connectivity index (χ1) is 7.79. The van der Waals surface area contributed by atoms with Crippen LogP contribution < -0.4 is 9.47 Å². The Bertz CT molecular complexity index is 351. The molecule has 1 N–H and O–H groups in total. The number of aliphatic hydroxyl groups excluding tert-OH is 1. The van der Waals surface area contributed by atoms with Gasteiger partial charge in [-0.3, -0.25) is 0 Å². The van der Waals surface area contributed by atoms with Gasteiger partial charge in [0.15, 0.2) is 11.5 Å². The molecule has 1 unspecified atom stereocenters. The van der Waals surface area contributed by atoms with E-state index in [1.807, 2.05) is 25.1 Å². The monoisotopic (exact) mass is 224 g/mol. The molecule has 0 saturated heterocycles. The first kappa shape index (κ1) is 11.2. The third kappa shape index (κ3) is 2.65. The molecule has 2 rings (SSSR count). The Morgan fingerprint density at radius 3 is 3.00 bits per heavy atom. The van der Waals surface area contributed by atoms with Crippen molar-refractivity contribution in [3.8, 4) is 11.5 Å². The van der Waals surface area contributed by atoms with Gasteiger partial charge < -0.3 is 19.3 Å². The predicted octanol–water partition coefficient (Wildman–Crippen LogP) is 1.36. The normalized spacial score (nSPS) is 15.1. The van der Waals surface area contributed by atoms with Crippen molar-refractivity contribution in [1.29, 1.82) is 0 Å². The minimum atomic E-state index is 0.0610. The van der Waals surface area contributed by atoms with Crippen LogP contribution in [0.25, 0.3) is 0 Å². The Labute approximate surface area is 94.8 Å². The summed E-state index contributed by atoms with van der Waals surface area (Å²) in [6, 6.07) is 5.89. The number of hydrogen-bond donors (Lipinski definition) is 1. The van der Waals surface area contributed by atoms with Crippen molar-refractivity contribution in [3.63, 3.8) is 0 Å². The number of rotatable bonds is 5. The molecule has 16 heavy (non-hydrogen) atoms. The number of fused-ring (bicyclic) bond motifs is 1. The first-order valence-electron chi connectivity index (χ1n) is 5.40. The molecule has 0 spiro atoms. The molecule has 0 aliphatic carbocycles. The van der Waals surface area contributed by atoms with Crippen molar-refractivity contribution in [2.24, 2.45) is 0 Å². The lowest BCUT2D eigenvalue weighted by Gasteiger charge is -2.12. The maximum atomic E-state index is 8.65. The van der Waals surface area contributed by atoms with Crippen molar-refractivity contribution < 1.29 is 19.3 Å².